The maximum atomic E-state index is 13.5. The first-order valence-electron chi connectivity index (χ1n) is 15.2. The molecule has 13 nitrogen and oxygen atoms in total. The van der Waals surface area contributed by atoms with Gasteiger partial charge in [-0.2, -0.15) is 0 Å². The van der Waals surface area contributed by atoms with Gasteiger partial charge in [0.05, 0.1) is 6.04 Å². The monoisotopic (exact) mass is 635 g/mol. The molecule has 3 rings (SSSR count). The summed E-state index contributed by atoms with van der Waals surface area (Å²) in [5.74, 6) is -4.85. The summed E-state index contributed by atoms with van der Waals surface area (Å²) in [4.78, 5) is 88.9. The predicted molar refractivity (Wildman–Crippen MR) is 169 cm³/mol. The van der Waals surface area contributed by atoms with Crippen LogP contribution in [0.15, 0.2) is 54.6 Å². The molecule has 1 aliphatic heterocycles. The number of carbonyl (C=O) groups excluding carboxylic acids is 6. The Hall–Kier alpha value is -5.07. The van der Waals surface area contributed by atoms with Crippen LogP contribution in [0.1, 0.15) is 58.4 Å². The summed E-state index contributed by atoms with van der Waals surface area (Å²) in [5, 5.41) is 19.5. The average molecular weight is 636 g/mol. The van der Waals surface area contributed by atoms with Gasteiger partial charge in [-0.15, -0.1) is 0 Å². The van der Waals surface area contributed by atoms with Crippen molar-refractivity contribution in [3.8, 4) is 0 Å². The molecule has 1 heterocycles. The Morgan fingerprint density at radius 3 is 2.09 bits per heavy atom. The lowest BCUT2D eigenvalue weighted by atomic mass is 9.98. The van der Waals surface area contributed by atoms with Crippen LogP contribution in [0.5, 0.6) is 0 Å². The molecule has 0 saturated carbocycles. The van der Waals surface area contributed by atoms with E-state index in [0.717, 1.165) is 5.56 Å². The maximum Gasteiger partial charge on any atom is 0.303 e. The molecule has 1 saturated heterocycles. The molecule has 2 aromatic rings. The Morgan fingerprint density at radius 1 is 0.870 bits per heavy atom. The fourth-order valence-electron chi connectivity index (χ4n) is 5.13. The summed E-state index contributed by atoms with van der Waals surface area (Å²) in [6.45, 7) is 4.87. The van der Waals surface area contributed by atoms with Gasteiger partial charge in [0, 0.05) is 44.1 Å². The number of aliphatic carboxylic acids is 1. The third-order valence-corrected chi connectivity index (χ3v) is 7.48. The van der Waals surface area contributed by atoms with Crippen molar-refractivity contribution in [3.05, 3.63) is 60.2 Å². The van der Waals surface area contributed by atoms with Crippen molar-refractivity contribution in [2.24, 2.45) is 5.92 Å². The van der Waals surface area contributed by atoms with Crippen LogP contribution in [-0.4, -0.2) is 76.0 Å². The smallest absolute Gasteiger partial charge is 0.303 e. The number of carboxylic acid groups (broad SMARTS) is 1. The minimum absolute atomic E-state index is 0.0530. The van der Waals surface area contributed by atoms with Crippen LogP contribution in [0, 0.1) is 5.92 Å². The highest BCUT2D eigenvalue weighted by atomic mass is 16.4. The van der Waals surface area contributed by atoms with E-state index in [1.54, 1.807) is 38.1 Å². The highest BCUT2D eigenvalue weighted by molar-refractivity contribution is 6.38. The van der Waals surface area contributed by atoms with Gasteiger partial charge < -0.3 is 31.3 Å². The number of carboxylic acids is 1. The first-order valence-corrected chi connectivity index (χ1v) is 15.2. The minimum atomic E-state index is -1.03. The van der Waals surface area contributed by atoms with Crippen LogP contribution in [0.4, 0.5) is 11.4 Å². The third kappa shape index (κ3) is 10.5. The molecule has 1 fully saturated rings. The topological polar surface area (TPSA) is 191 Å². The van der Waals surface area contributed by atoms with Crippen molar-refractivity contribution in [1.29, 1.82) is 0 Å². The summed E-state index contributed by atoms with van der Waals surface area (Å²) in [6.07, 6.45) is 1.10. The number of benzene rings is 2. The van der Waals surface area contributed by atoms with Crippen molar-refractivity contribution in [2.75, 3.05) is 17.2 Å². The molecule has 3 atom stereocenters. The zero-order valence-electron chi connectivity index (χ0n) is 26.2. The van der Waals surface area contributed by atoms with Crippen LogP contribution in [0.2, 0.25) is 0 Å². The standard InChI is InChI=1S/C33H41N5O8/c1-20(2)29(34-21(3)39)30(43)33(46)38-18-8-11-26(38)32(45)37-25(19-22-9-5-4-6-10-22)31(44)36-24-16-14-23(15-17-24)35-27(40)12-7-13-28(41)42/h4-6,9-10,14-17,20,25-26,29H,7-8,11-13,18-19H2,1-3H3,(H,34,39)(H,35,40)(H,36,44)(H,37,45)(H,41,42)/t25-,26-,29-/m0/s1. The molecule has 2 aromatic carbocycles. The molecule has 0 aliphatic carbocycles. The van der Waals surface area contributed by atoms with Crippen LogP contribution in [0.3, 0.4) is 0 Å². The van der Waals surface area contributed by atoms with Crippen LogP contribution < -0.4 is 21.3 Å². The Labute approximate surface area is 267 Å². The third-order valence-electron chi connectivity index (χ3n) is 7.48. The van der Waals surface area contributed by atoms with E-state index in [-0.39, 0.29) is 44.1 Å². The lowest BCUT2D eigenvalue weighted by Gasteiger charge is -2.28. The van der Waals surface area contributed by atoms with E-state index in [9.17, 15) is 33.6 Å². The SMILES string of the molecule is CC(=O)N[C@H](C(=O)C(=O)N1CCC[C@H]1C(=O)N[C@@H](Cc1ccccc1)C(=O)Nc1ccc(NC(=O)CCCC(=O)O)cc1)C(C)C. The second-order valence-electron chi connectivity index (χ2n) is 11.6. The van der Waals surface area contributed by atoms with Gasteiger partial charge in [-0.25, -0.2) is 0 Å². The molecule has 46 heavy (non-hydrogen) atoms. The second kappa shape index (κ2) is 16.8. The van der Waals surface area contributed by atoms with Gasteiger partial charge >= 0.3 is 5.97 Å². The molecule has 0 unspecified atom stereocenters. The van der Waals surface area contributed by atoms with E-state index in [1.165, 1.54) is 11.8 Å². The number of carbonyl (C=O) groups is 7. The maximum absolute atomic E-state index is 13.5. The van der Waals surface area contributed by atoms with Gasteiger partial charge in [-0.1, -0.05) is 44.2 Å². The van der Waals surface area contributed by atoms with E-state index in [1.807, 2.05) is 30.3 Å². The van der Waals surface area contributed by atoms with Crippen molar-refractivity contribution >= 4 is 52.7 Å². The van der Waals surface area contributed by atoms with Crippen LogP contribution in [0.25, 0.3) is 0 Å². The number of nitrogens with zero attached hydrogens (tertiary/aromatic N) is 1. The highest BCUT2D eigenvalue weighted by Gasteiger charge is 2.40. The number of nitrogens with one attached hydrogen (secondary N) is 4. The van der Waals surface area contributed by atoms with Crippen molar-refractivity contribution < 1.29 is 38.7 Å². The van der Waals surface area contributed by atoms with E-state index in [4.69, 9.17) is 5.11 Å². The largest absolute Gasteiger partial charge is 0.481 e. The molecule has 5 N–H and O–H groups in total. The zero-order chi connectivity index (χ0) is 33.8. The quantitative estimate of drug-likeness (QED) is 0.184. The second-order valence-corrected chi connectivity index (χ2v) is 11.6. The van der Waals surface area contributed by atoms with Gasteiger partial charge in [0.1, 0.15) is 12.1 Å². The lowest BCUT2D eigenvalue weighted by Crippen LogP contribution is -2.56. The normalized spacial score (nSPS) is 15.4. The summed E-state index contributed by atoms with van der Waals surface area (Å²) in [6, 6.07) is 12.4. The summed E-state index contributed by atoms with van der Waals surface area (Å²) in [7, 11) is 0. The number of anilines is 2. The fourth-order valence-corrected chi connectivity index (χ4v) is 5.13. The van der Waals surface area contributed by atoms with Gasteiger partial charge in [0.25, 0.3) is 5.91 Å². The van der Waals surface area contributed by atoms with Crippen LogP contribution in [-0.2, 0) is 40.0 Å². The Balaban J connectivity index is 1.70. The van der Waals surface area contributed by atoms with Gasteiger partial charge in [-0.05, 0) is 55.0 Å². The zero-order valence-corrected chi connectivity index (χ0v) is 26.2. The number of likely N-dealkylation sites (tertiary alicyclic amines) is 1. The molecule has 13 heteroatoms. The van der Waals surface area contributed by atoms with E-state index in [0.29, 0.717) is 24.2 Å². The van der Waals surface area contributed by atoms with Gasteiger partial charge in [0.2, 0.25) is 29.4 Å². The summed E-state index contributed by atoms with van der Waals surface area (Å²) < 4.78 is 0. The van der Waals surface area contributed by atoms with E-state index >= 15 is 0 Å². The van der Waals surface area contributed by atoms with Crippen LogP contribution >= 0.6 is 0 Å². The molecular formula is C33H41N5O8. The Bertz CT molecular complexity index is 1430. The Morgan fingerprint density at radius 2 is 1.50 bits per heavy atom. The fraction of sp³-hybridized carbons (Fsp3) is 0.424. The van der Waals surface area contributed by atoms with Crippen molar-refractivity contribution in [1.82, 2.24) is 15.5 Å². The number of hydrogen-bond donors (Lipinski definition) is 5. The summed E-state index contributed by atoms with van der Waals surface area (Å²) >= 11 is 0. The molecule has 5 amide bonds. The van der Waals surface area contributed by atoms with E-state index in [2.05, 4.69) is 21.3 Å². The first kappa shape index (κ1) is 35.4. The number of Topliss-reactive ketones (excluding diaryl/α,β-unsaturated/α-hetero) is 1. The number of hydrogen-bond acceptors (Lipinski definition) is 7. The van der Waals surface area contributed by atoms with Gasteiger partial charge in [0.15, 0.2) is 0 Å². The minimum Gasteiger partial charge on any atom is -0.481 e. The molecular weight excluding hydrogens is 594 g/mol. The molecule has 0 bridgehead atoms. The predicted octanol–water partition coefficient (Wildman–Crippen LogP) is 2.27. The molecule has 1 aliphatic rings. The highest BCUT2D eigenvalue weighted by Crippen LogP contribution is 2.20. The molecule has 0 spiro atoms. The molecule has 0 aromatic heterocycles. The van der Waals surface area contributed by atoms with Gasteiger partial charge in [-0.3, -0.25) is 33.6 Å². The number of amides is 5. The molecule has 246 valence electrons. The van der Waals surface area contributed by atoms with Crippen molar-refractivity contribution in [3.63, 3.8) is 0 Å². The first-order chi connectivity index (χ1) is 21.8. The number of ketones is 1. The average Bonchev–Trinajstić information content (AvgIpc) is 3.50. The van der Waals surface area contributed by atoms with Crippen molar-refractivity contribution in [2.45, 2.75) is 77.4 Å². The number of rotatable bonds is 15. The lowest BCUT2D eigenvalue weighted by molar-refractivity contribution is -0.149. The Kier molecular flexibility index (Phi) is 13.0. The summed E-state index contributed by atoms with van der Waals surface area (Å²) in [5.41, 5.74) is 1.65. The van der Waals surface area contributed by atoms with E-state index < -0.39 is 53.5 Å². The molecule has 0 radical (unpaired) electrons.